The predicted molar refractivity (Wildman–Crippen MR) is 72.0 cm³/mol. The molecule has 2 nitrogen and oxygen atoms in total. The minimum Gasteiger partial charge on any atom is -0.494 e. The molecule has 1 rings (SSSR count). The lowest BCUT2D eigenvalue weighted by molar-refractivity contribution is 0.313. The van der Waals surface area contributed by atoms with E-state index in [9.17, 15) is 0 Å². The minimum absolute atomic E-state index is 0.259. The Morgan fingerprint density at radius 1 is 1.35 bits per heavy atom. The molecule has 1 atom stereocenters. The number of unbranched alkanes of at least 4 members (excludes halogenated alkanes) is 1. The fraction of sp³-hybridized carbons (Fsp3) is 0.467. The van der Waals surface area contributed by atoms with Crippen molar-refractivity contribution < 1.29 is 4.74 Å². The summed E-state index contributed by atoms with van der Waals surface area (Å²) in [6.45, 7) is 2.71. The molecule has 0 aliphatic heterocycles. The summed E-state index contributed by atoms with van der Waals surface area (Å²) < 4.78 is 5.57. The van der Waals surface area contributed by atoms with Crippen molar-refractivity contribution in [2.75, 3.05) is 6.61 Å². The number of hydrogen-bond donors (Lipinski definition) is 1. The lowest BCUT2D eigenvalue weighted by Crippen LogP contribution is -2.15. The van der Waals surface area contributed by atoms with Gasteiger partial charge in [-0.05, 0) is 43.9 Å². The highest BCUT2D eigenvalue weighted by Crippen LogP contribution is 2.14. The molecule has 0 fully saturated rings. The first-order chi connectivity index (χ1) is 8.22. The monoisotopic (exact) mass is 231 g/mol. The molecule has 1 aromatic carbocycles. The van der Waals surface area contributed by atoms with E-state index in [-0.39, 0.29) is 6.04 Å². The van der Waals surface area contributed by atoms with Gasteiger partial charge in [0.15, 0.2) is 0 Å². The second-order valence-electron chi connectivity index (χ2n) is 4.32. The van der Waals surface area contributed by atoms with E-state index in [0.29, 0.717) is 6.61 Å². The van der Waals surface area contributed by atoms with Gasteiger partial charge < -0.3 is 10.5 Å². The van der Waals surface area contributed by atoms with Crippen molar-refractivity contribution in [3.8, 4) is 18.1 Å². The van der Waals surface area contributed by atoms with Crippen molar-refractivity contribution in [3.05, 3.63) is 29.8 Å². The Morgan fingerprint density at radius 3 is 2.65 bits per heavy atom. The van der Waals surface area contributed by atoms with Gasteiger partial charge in [-0.3, -0.25) is 0 Å². The first kappa shape index (κ1) is 13.6. The van der Waals surface area contributed by atoms with Crippen molar-refractivity contribution in [2.45, 2.75) is 38.6 Å². The summed E-state index contributed by atoms with van der Waals surface area (Å²) in [6, 6.07) is 8.46. The number of rotatable bonds is 7. The molecule has 0 aromatic heterocycles. The number of terminal acetylenes is 1. The average molecular weight is 231 g/mol. The van der Waals surface area contributed by atoms with Crippen molar-refractivity contribution in [3.63, 3.8) is 0 Å². The van der Waals surface area contributed by atoms with Crippen molar-refractivity contribution >= 4 is 0 Å². The van der Waals surface area contributed by atoms with Crippen LogP contribution in [-0.2, 0) is 6.42 Å². The summed E-state index contributed by atoms with van der Waals surface area (Å²) in [5, 5.41) is 0. The van der Waals surface area contributed by atoms with Gasteiger partial charge in [-0.2, -0.15) is 0 Å². The van der Waals surface area contributed by atoms with Crippen molar-refractivity contribution in [1.29, 1.82) is 0 Å². The molecular formula is C15H21NO. The molecule has 0 saturated carbocycles. The third-order valence-corrected chi connectivity index (χ3v) is 2.55. The van der Waals surface area contributed by atoms with Gasteiger partial charge in [0.25, 0.3) is 0 Å². The van der Waals surface area contributed by atoms with Crippen LogP contribution < -0.4 is 10.5 Å². The fourth-order valence-electron chi connectivity index (χ4n) is 1.51. The van der Waals surface area contributed by atoms with Crippen molar-refractivity contribution in [1.82, 2.24) is 0 Å². The Hall–Kier alpha value is -1.46. The highest BCUT2D eigenvalue weighted by molar-refractivity contribution is 5.27. The fourth-order valence-corrected chi connectivity index (χ4v) is 1.51. The molecule has 2 N–H and O–H groups in total. The summed E-state index contributed by atoms with van der Waals surface area (Å²) in [5.74, 6) is 3.51. The maximum absolute atomic E-state index is 5.72. The molecule has 0 bridgehead atoms. The second kappa shape index (κ2) is 7.76. The van der Waals surface area contributed by atoms with E-state index in [1.807, 2.05) is 19.1 Å². The highest BCUT2D eigenvalue weighted by Gasteiger charge is 1.98. The quantitative estimate of drug-likeness (QED) is 0.578. The van der Waals surface area contributed by atoms with Crippen LogP contribution >= 0.6 is 0 Å². The van der Waals surface area contributed by atoms with Crippen LogP contribution in [-0.4, -0.2) is 12.6 Å². The second-order valence-corrected chi connectivity index (χ2v) is 4.32. The predicted octanol–water partition coefficient (Wildman–Crippen LogP) is 2.76. The maximum Gasteiger partial charge on any atom is 0.119 e. The van der Waals surface area contributed by atoms with Crippen LogP contribution in [0.4, 0.5) is 0 Å². The van der Waals surface area contributed by atoms with E-state index in [1.165, 1.54) is 5.56 Å². The normalized spacial score (nSPS) is 11.8. The molecule has 1 aromatic rings. The molecule has 0 saturated heterocycles. The molecule has 17 heavy (non-hydrogen) atoms. The van der Waals surface area contributed by atoms with E-state index in [0.717, 1.165) is 31.4 Å². The zero-order chi connectivity index (χ0) is 12.5. The molecule has 92 valence electrons. The largest absolute Gasteiger partial charge is 0.494 e. The zero-order valence-electron chi connectivity index (χ0n) is 10.5. The van der Waals surface area contributed by atoms with Gasteiger partial charge in [-0.1, -0.05) is 12.1 Å². The van der Waals surface area contributed by atoms with Gasteiger partial charge in [0, 0.05) is 12.5 Å². The van der Waals surface area contributed by atoms with E-state index in [2.05, 4.69) is 18.1 Å². The number of nitrogens with two attached hydrogens (primary N) is 1. The van der Waals surface area contributed by atoms with Crippen molar-refractivity contribution in [2.24, 2.45) is 5.73 Å². The first-order valence-electron chi connectivity index (χ1n) is 6.13. The summed E-state index contributed by atoms with van der Waals surface area (Å²) >= 11 is 0. The smallest absolute Gasteiger partial charge is 0.119 e. The molecule has 0 spiro atoms. The summed E-state index contributed by atoms with van der Waals surface area (Å²) in [6.07, 6.45) is 8.88. The molecule has 2 heteroatoms. The Bertz CT molecular complexity index is 348. The summed E-state index contributed by atoms with van der Waals surface area (Å²) in [5.41, 5.74) is 7.03. The lowest BCUT2D eigenvalue weighted by atomic mass is 10.1. The van der Waals surface area contributed by atoms with Gasteiger partial charge in [-0.25, -0.2) is 0 Å². The van der Waals surface area contributed by atoms with E-state index in [1.54, 1.807) is 0 Å². The number of benzene rings is 1. The van der Waals surface area contributed by atoms with Gasteiger partial charge in [0.2, 0.25) is 0 Å². The summed E-state index contributed by atoms with van der Waals surface area (Å²) in [4.78, 5) is 0. The van der Waals surface area contributed by atoms with E-state index in [4.69, 9.17) is 16.9 Å². The topological polar surface area (TPSA) is 35.2 Å². The number of ether oxygens (including phenoxy) is 1. The first-order valence-corrected chi connectivity index (χ1v) is 6.13. The molecule has 1 unspecified atom stereocenters. The van der Waals surface area contributed by atoms with Crippen LogP contribution in [0.15, 0.2) is 24.3 Å². The SMILES string of the molecule is C#CCCCOc1ccc(CCC(C)N)cc1. The molecule has 0 radical (unpaired) electrons. The Balaban J connectivity index is 2.32. The van der Waals surface area contributed by atoms with Crippen LogP contribution in [0.2, 0.25) is 0 Å². The number of hydrogen-bond acceptors (Lipinski definition) is 2. The Morgan fingerprint density at radius 2 is 2.06 bits per heavy atom. The van der Waals surface area contributed by atoms with E-state index >= 15 is 0 Å². The van der Waals surface area contributed by atoms with Crippen LogP contribution in [0, 0.1) is 12.3 Å². The maximum atomic E-state index is 5.72. The van der Waals surface area contributed by atoms with Gasteiger partial charge in [0.05, 0.1) is 6.61 Å². The van der Waals surface area contributed by atoms with Gasteiger partial charge in [0.1, 0.15) is 5.75 Å². The molecular weight excluding hydrogens is 210 g/mol. The van der Waals surface area contributed by atoms with Crippen LogP contribution in [0.25, 0.3) is 0 Å². The molecule has 0 heterocycles. The number of aryl methyl sites for hydroxylation is 1. The highest BCUT2D eigenvalue weighted by atomic mass is 16.5. The molecule has 0 amide bonds. The third kappa shape index (κ3) is 5.99. The summed E-state index contributed by atoms with van der Waals surface area (Å²) in [7, 11) is 0. The van der Waals surface area contributed by atoms with Crippen LogP contribution in [0.3, 0.4) is 0 Å². The Labute approximate surface area is 104 Å². The Kier molecular flexibility index (Phi) is 6.21. The van der Waals surface area contributed by atoms with E-state index < -0.39 is 0 Å². The molecule has 0 aliphatic carbocycles. The lowest BCUT2D eigenvalue weighted by Gasteiger charge is -2.07. The van der Waals surface area contributed by atoms with Gasteiger partial charge >= 0.3 is 0 Å². The average Bonchev–Trinajstić information content (AvgIpc) is 2.33. The standard InChI is InChI=1S/C15H21NO/c1-3-4-5-12-17-15-10-8-14(9-11-15)7-6-13(2)16/h1,8-11,13H,4-7,12,16H2,2H3. The van der Waals surface area contributed by atoms with Gasteiger partial charge in [-0.15, -0.1) is 12.3 Å². The van der Waals surface area contributed by atoms with Crippen LogP contribution in [0.5, 0.6) is 5.75 Å². The molecule has 0 aliphatic rings. The minimum atomic E-state index is 0.259. The zero-order valence-corrected chi connectivity index (χ0v) is 10.5. The van der Waals surface area contributed by atoms with Crippen LogP contribution in [0.1, 0.15) is 31.7 Å². The third-order valence-electron chi connectivity index (χ3n) is 2.55.